The Balaban J connectivity index is 1.77. The number of amides is 2. The van der Waals surface area contributed by atoms with Crippen molar-refractivity contribution in [2.75, 3.05) is 15.5 Å². The van der Waals surface area contributed by atoms with Crippen LogP contribution in [0.3, 0.4) is 0 Å². The largest absolute Gasteiger partial charge is 0.360 e. The van der Waals surface area contributed by atoms with Crippen LogP contribution in [0.4, 0.5) is 17.1 Å². The molecular formula is C22H18ClN3O2. The highest BCUT2D eigenvalue weighted by atomic mass is 35.5. The minimum Gasteiger partial charge on any atom is -0.360 e. The van der Waals surface area contributed by atoms with Gasteiger partial charge in [0.1, 0.15) is 6.17 Å². The third-order valence-electron chi connectivity index (χ3n) is 4.58. The first-order chi connectivity index (χ1) is 13.5. The van der Waals surface area contributed by atoms with Crippen LogP contribution in [0, 0.1) is 0 Å². The molecule has 1 heterocycles. The zero-order valence-electron chi connectivity index (χ0n) is 15.1. The summed E-state index contributed by atoms with van der Waals surface area (Å²) < 4.78 is 0. The molecule has 0 saturated heterocycles. The van der Waals surface area contributed by atoms with Gasteiger partial charge in [-0.05, 0) is 54.1 Å². The van der Waals surface area contributed by atoms with Gasteiger partial charge in [-0.2, -0.15) is 0 Å². The van der Waals surface area contributed by atoms with E-state index >= 15 is 0 Å². The molecule has 0 saturated carbocycles. The summed E-state index contributed by atoms with van der Waals surface area (Å²) >= 11 is 6.04. The van der Waals surface area contributed by atoms with Gasteiger partial charge < -0.3 is 10.6 Å². The molecule has 1 aliphatic rings. The zero-order chi connectivity index (χ0) is 19.7. The van der Waals surface area contributed by atoms with E-state index in [4.69, 9.17) is 11.6 Å². The number of nitrogens with zero attached hydrogens (tertiary/aromatic N) is 1. The van der Waals surface area contributed by atoms with Crippen molar-refractivity contribution in [3.8, 4) is 0 Å². The molecule has 3 aromatic rings. The predicted molar refractivity (Wildman–Crippen MR) is 112 cm³/mol. The number of benzene rings is 3. The van der Waals surface area contributed by atoms with Crippen LogP contribution in [0.25, 0.3) is 0 Å². The Morgan fingerprint density at radius 3 is 2.36 bits per heavy atom. The quantitative estimate of drug-likeness (QED) is 0.655. The molecule has 0 bridgehead atoms. The SMILES string of the molecule is CC(=O)Nc1ccc(N2C(=O)c3ccccc3N[C@H]2c2ccc(Cl)cc2)cc1. The number of hydrogen-bond acceptors (Lipinski definition) is 3. The highest BCUT2D eigenvalue weighted by molar-refractivity contribution is 6.30. The molecule has 0 fully saturated rings. The predicted octanol–water partition coefficient (Wildman–Crippen LogP) is 5.07. The number of hydrogen-bond donors (Lipinski definition) is 2. The lowest BCUT2D eigenvalue weighted by Gasteiger charge is -2.38. The Hall–Kier alpha value is -3.31. The third kappa shape index (κ3) is 3.44. The molecule has 3 aromatic carbocycles. The number of halogens is 1. The van der Waals surface area contributed by atoms with Crippen LogP contribution in [0.2, 0.25) is 5.02 Å². The number of carbonyl (C=O) groups is 2. The molecule has 140 valence electrons. The van der Waals surface area contributed by atoms with Crippen molar-refractivity contribution >= 4 is 40.5 Å². The van der Waals surface area contributed by atoms with Gasteiger partial charge in [0.15, 0.2) is 0 Å². The fourth-order valence-corrected chi connectivity index (χ4v) is 3.43. The van der Waals surface area contributed by atoms with Gasteiger partial charge in [-0.3, -0.25) is 14.5 Å². The second kappa shape index (κ2) is 7.37. The summed E-state index contributed by atoms with van der Waals surface area (Å²) in [7, 11) is 0. The molecule has 0 radical (unpaired) electrons. The van der Waals surface area contributed by atoms with Gasteiger partial charge >= 0.3 is 0 Å². The summed E-state index contributed by atoms with van der Waals surface area (Å²) in [5.74, 6) is -0.238. The van der Waals surface area contributed by atoms with Gasteiger partial charge in [-0.25, -0.2) is 0 Å². The van der Waals surface area contributed by atoms with Gasteiger partial charge in [0.25, 0.3) is 5.91 Å². The standard InChI is InChI=1S/C22H18ClN3O2/c1-14(27)24-17-10-12-18(13-11-17)26-21(15-6-8-16(23)9-7-15)25-20-5-3-2-4-19(20)22(26)28/h2-13,21,25H,1H3,(H,24,27)/t21-/m1/s1. The van der Waals surface area contributed by atoms with E-state index in [1.54, 1.807) is 23.1 Å². The molecule has 1 atom stereocenters. The normalized spacial score (nSPS) is 15.6. The maximum Gasteiger partial charge on any atom is 0.262 e. The van der Waals surface area contributed by atoms with Crippen molar-refractivity contribution in [1.82, 2.24) is 0 Å². The number of rotatable bonds is 3. The fourth-order valence-electron chi connectivity index (χ4n) is 3.31. The molecule has 4 rings (SSSR count). The van der Waals surface area contributed by atoms with Crippen molar-refractivity contribution in [3.63, 3.8) is 0 Å². The summed E-state index contributed by atoms with van der Waals surface area (Å²) in [6.07, 6.45) is -0.383. The summed E-state index contributed by atoms with van der Waals surface area (Å²) in [5.41, 5.74) is 3.72. The van der Waals surface area contributed by atoms with E-state index in [1.807, 2.05) is 54.6 Å². The number of anilines is 3. The van der Waals surface area contributed by atoms with Crippen LogP contribution in [-0.4, -0.2) is 11.8 Å². The first-order valence-electron chi connectivity index (χ1n) is 8.85. The van der Waals surface area contributed by atoms with Crippen LogP contribution in [0.1, 0.15) is 29.0 Å². The van der Waals surface area contributed by atoms with E-state index in [1.165, 1.54) is 6.92 Å². The Labute approximate surface area is 167 Å². The van der Waals surface area contributed by atoms with Gasteiger partial charge in [0.2, 0.25) is 5.91 Å². The third-order valence-corrected chi connectivity index (χ3v) is 4.83. The van der Waals surface area contributed by atoms with Crippen LogP contribution in [0.5, 0.6) is 0 Å². The number of nitrogens with one attached hydrogen (secondary N) is 2. The molecule has 2 N–H and O–H groups in total. The first-order valence-corrected chi connectivity index (χ1v) is 9.23. The Bertz CT molecular complexity index is 1030. The topological polar surface area (TPSA) is 61.4 Å². The molecule has 0 unspecified atom stereocenters. The van der Waals surface area contributed by atoms with Crippen molar-refractivity contribution in [2.24, 2.45) is 0 Å². The molecule has 0 aromatic heterocycles. The molecule has 0 spiro atoms. The smallest absolute Gasteiger partial charge is 0.262 e. The lowest BCUT2D eigenvalue weighted by molar-refractivity contribution is -0.114. The lowest BCUT2D eigenvalue weighted by atomic mass is 10.0. The van der Waals surface area contributed by atoms with E-state index in [0.29, 0.717) is 16.3 Å². The van der Waals surface area contributed by atoms with E-state index in [0.717, 1.165) is 16.9 Å². The summed E-state index contributed by atoms with van der Waals surface area (Å²) in [5, 5.41) is 6.83. The van der Waals surface area contributed by atoms with E-state index in [-0.39, 0.29) is 18.0 Å². The lowest BCUT2D eigenvalue weighted by Crippen LogP contribution is -2.43. The molecular weight excluding hydrogens is 374 g/mol. The number of para-hydroxylation sites is 1. The maximum atomic E-state index is 13.3. The van der Waals surface area contributed by atoms with Crippen LogP contribution in [0.15, 0.2) is 72.8 Å². The van der Waals surface area contributed by atoms with Gasteiger partial charge in [-0.15, -0.1) is 0 Å². The van der Waals surface area contributed by atoms with Crippen molar-refractivity contribution in [3.05, 3.63) is 88.9 Å². The molecule has 5 nitrogen and oxygen atoms in total. The summed E-state index contributed by atoms with van der Waals surface area (Å²) in [6, 6.07) is 22.1. The Morgan fingerprint density at radius 1 is 1.00 bits per heavy atom. The Kier molecular flexibility index (Phi) is 4.75. The molecule has 6 heteroatoms. The zero-order valence-corrected chi connectivity index (χ0v) is 15.9. The highest BCUT2D eigenvalue weighted by Gasteiger charge is 2.33. The van der Waals surface area contributed by atoms with Crippen LogP contribution >= 0.6 is 11.6 Å². The second-order valence-electron chi connectivity index (χ2n) is 6.55. The van der Waals surface area contributed by atoms with Crippen LogP contribution < -0.4 is 15.5 Å². The first kappa shape index (κ1) is 18.1. The monoisotopic (exact) mass is 391 g/mol. The average molecular weight is 392 g/mol. The number of carbonyl (C=O) groups excluding carboxylic acids is 2. The molecule has 0 aliphatic carbocycles. The van der Waals surface area contributed by atoms with E-state index in [9.17, 15) is 9.59 Å². The van der Waals surface area contributed by atoms with Crippen molar-refractivity contribution < 1.29 is 9.59 Å². The highest BCUT2D eigenvalue weighted by Crippen LogP contribution is 2.37. The average Bonchev–Trinajstić information content (AvgIpc) is 2.69. The fraction of sp³-hybridized carbons (Fsp3) is 0.0909. The summed E-state index contributed by atoms with van der Waals surface area (Å²) in [4.78, 5) is 26.3. The second-order valence-corrected chi connectivity index (χ2v) is 6.98. The minimum absolute atomic E-state index is 0.0958. The summed E-state index contributed by atoms with van der Waals surface area (Å²) in [6.45, 7) is 1.46. The van der Waals surface area contributed by atoms with Gasteiger partial charge in [0.05, 0.1) is 5.56 Å². The molecule has 2 amide bonds. The van der Waals surface area contributed by atoms with Gasteiger partial charge in [-0.1, -0.05) is 35.9 Å². The maximum absolute atomic E-state index is 13.3. The molecule has 28 heavy (non-hydrogen) atoms. The Morgan fingerprint density at radius 2 is 1.68 bits per heavy atom. The van der Waals surface area contributed by atoms with E-state index in [2.05, 4.69) is 10.6 Å². The van der Waals surface area contributed by atoms with Gasteiger partial charge in [0, 0.05) is 29.0 Å². The van der Waals surface area contributed by atoms with E-state index < -0.39 is 0 Å². The van der Waals surface area contributed by atoms with Crippen molar-refractivity contribution in [2.45, 2.75) is 13.1 Å². The van der Waals surface area contributed by atoms with Crippen molar-refractivity contribution in [1.29, 1.82) is 0 Å². The number of fused-ring (bicyclic) bond motifs is 1. The van der Waals surface area contributed by atoms with Crippen LogP contribution in [-0.2, 0) is 4.79 Å². The minimum atomic E-state index is -0.383. The molecule has 1 aliphatic heterocycles.